The van der Waals surface area contributed by atoms with Gasteiger partial charge in [0.1, 0.15) is 48.0 Å². The summed E-state index contributed by atoms with van der Waals surface area (Å²) in [5.41, 5.74) is 16.6. The zero-order chi connectivity index (χ0) is 54.6. The van der Waals surface area contributed by atoms with Crippen molar-refractivity contribution < 1.29 is 83.1 Å². The third-order valence-electron chi connectivity index (χ3n) is 11.6. The summed E-state index contributed by atoms with van der Waals surface area (Å²) in [6, 6.07) is -8.63. The Morgan fingerprint density at radius 3 is 1.76 bits per heavy atom. The summed E-state index contributed by atoms with van der Waals surface area (Å²) in [4.78, 5) is 155. The Bertz CT molecular complexity index is 2140. The van der Waals surface area contributed by atoms with Gasteiger partial charge in [0.2, 0.25) is 59.1 Å². The van der Waals surface area contributed by atoms with Crippen molar-refractivity contribution in [2.45, 2.75) is 146 Å². The van der Waals surface area contributed by atoms with Crippen LogP contribution in [0.3, 0.4) is 0 Å². The molecular formula is C44H67N11O17. The molecule has 2 rings (SSSR count). The van der Waals surface area contributed by atoms with Crippen molar-refractivity contribution in [1.29, 1.82) is 0 Å². The second-order valence-corrected chi connectivity index (χ2v) is 17.4. The van der Waals surface area contributed by atoms with E-state index < -0.39 is 157 Å². The molecule has 1 heterocycles. The second-order valence-electron chi connectivity index (χ2n) is 17.4. The van der Waals surface area contributed by atoms with E-state index >= 15 is 0 Å². The molecule has 0 spiro atoms. The highest BCUT2D eigenvalue weighted by Crippen LogP contribution is 2.20. The van der Waals surface area contributed by atoms with Gasteiger partial charge in [-0.15, -0.1) is 0 Å². The van der Waals surface area contributed by atoms with E-state index in [1.807, 2.05) is 0 Å². The number of nitrogens with zero attached hydrogens (tertiary/aromatic N) is 1. The number of aliphatic hydroxyl groups is 2. The van der Waals surface area contributed by atoms with Gasteiger partial charge >= 0.3 is 11.9 Å². The third kappa shape index (κ3) is 19.4. The van der Waals surface area contributed by atoms with Gasteiger partial charge in [-0.2, -0.15) is 0 Å². The minimum atomic E-state index is -1.95. The lowest BCUT2D eigenvalue weighted by atomic mass is 9.97. The number of nitrogens with two attached hydrogens (primary N) is 3. The van der Waals surface area contributed by atoms with Crippen molar-refractivity contribution in [2.24, 2.45) is 23.1 Å². The minimum absolute atomic E-state index is 0.0611. The Hall–Kier alpha value is -7.46. The first-order chi connectivity index (χ1) is 33.7. The van der Waals surface area contributed by atoms with E-state index in [2.05, 4.69) is 37.2 Å². The number of nitrogens with one attached hydrogen (secondary N) is 7. The number of hydrogen-bond acceptors (Lipinski definition) is 16. The number of likely N-dealkylation sites (tertiary alicyclic amines) is 1. The first-order valence-corrected chi connectivity index (χ1v) is 23.0. The molecule has 1 aromatic carbocycles. The van der Waals surface area contributed by atoms with E-state index in [1.165, 1.54) is 24.3 Å². The summed E-state index contributed by atoms with van der Waals surface area (Å²) in [6.45, 7) is 4.44. The molecule has 0 aliphatic carbocycles. The summed E-state index contributed by atoms with van der Waals surface area (Å²) < 4.78 is 0. The molecule has 0 saturated carbocycles. The number of carboxylic acid groups (broad SMARTS) is 2. The van der Waals surface area contributed by atoms with E-state index in [-0.39, 0.29) is 50.8 Å². The molecule has 1 aromatic rings. The van der Waals surface area contributed by atoms with Crippen LogP contribution >= 0.6 is 0 Å². The fourth-order valence-corrected chi connectivity index (χ4v) is 7.22. The molecule has 0 radical (unpaired) electrons. The van der Waals surface area contributed by atoms with E-state index in [1.54, 1.807) is 13.8 Å². The predicted octanol–water partition coefficient (Wildman–Crippen LogP) is -5.82. The highest BCUT2D eigenvalue weighted by Gasteiger charge is 2.41. The molecule has 11 atom stereocenters. The number of carboxylic acids is 2. The highest BCUT2D eigenvalue weighted by molar-refractivity contribution is 5.99. The predicted molar refractivity (Wildman–Crippen MR) is 249 cm³/mol. The third-order valence-corrected chi connectivity index (χ3v) is 11.6. The Labute approximate surface area is 413 Å². The van der Waals surface area contributed by atoms with Crippen LogP contribution in [0.15, 0.2) is 24.3 Å². The summed E-state index contributed by atoms with van der Waals surface area (Å²) >= 11 is 0. The Balaban J connectivity index is 2.29. The lowest BCUT2D eigenvalue weighted by molar-refractivity contribution is -0.146. The number of aliphatic carboxylic acids is 2. The molecular weight excluding hydrogens is 955 g/mol. The fraction of sp³-hybridized carbons (Fsp3) is 0.591. The van der Waals surface area contributed by atoms with Crippen LogP contribution in [0, 0.1) is 5.92 Å². The van der Waals surface area contributed by atoms with Crippen LogP contribution in [0.4, 0.5) is 0 Å². The summed E-state index contributed by atoms with van der Waals surface area (Å²) in [5.74, 6) is -13.6. The lowest BCUT2D eigenvalue weighted by Crippen LogP contribution is -2.61. The van der Waals surface area contributed by atoms with Gasteiger partial charge in [0, 0.05) is 25.8 Å². The van der Waals surface area contributed by atoms with Gasteiger partial charge in [-0.05, 0) is 63.1 Å². The van der Waals surface area contributed by atoms with Crippen molar-refractivity contribution in [3.05, 3.63) is 29.8 Å². The standard InChI is InChI=1S/C44H67N11O17/c1-5-20(2)34(42(69)54-35(22(4)57)44(71)72)53-41(68)30-7-6-16-55(30)43(70)29(19-56)52-40(67)28(18-33(61)62)50-36(63)21(3)48-39(66)27(17-23-8-10-24(58)11-9-23)51-38(65)26(13-15-32(47)60)49-37(64)25(45)12-14-31(46)59/h8-11,20-22,25-30,34-35,56-58H,5-7,12-19,45H2,1-4H3,(H2,46,59)(H2,47,60)(H,48,66)(H,49,64)(H,50,63)(H,51,65)(H,52,67)(H,53,68)(H,54,69)(H,61,62)(H,71,72)/t20-,21-,22+,25-,26-,27-,28-,29-,30-,34-,35-/m0/s1. The maximum absolute atomic E-state index is 13.8. The maximum Gasteiger partial charge on any atom is 0.328 e. The van der Waals surface area contributed by atoms with Crippen LogP contribution in [0.5, 0.6) is 5.75 Å². The molecule has 0 aromatic heterocycles. The molecule has 28 heteroatoms. The average molecular weight is 1020 g/mol. The number of aliphatic hydroxyl groups excluding tert-OH is 2. The largest absolute Gasteiger partial charge is 0.508 e. The zero-order valence-electron chi connectivity index (χ0n) is 40.3. The zero-order valence-corrected chi connectivity index (χ0v) is 40.3. The van der Waals surface area contributed by atoms with Crippen molar-refractivity contribution in [2.75, 3.05) is 13.2 Å². The van der Waals surface area contributed by atoms with Crippen molar-refractivity contribution in [3.63, 3.8) is 0 Å². The van der Waals surface area contributed by atoms with Gasteiger partial charge < -0.3 is 84.9 Å². The minimum Gasteiger partial charge on any atom is -0.508 e. The van der Waals surface area contributed by atoms with Gasteiger partial charge in [-0.3, -0.25) is 52.7 Å². The number of aromatic hydroxyl groups is 1. The van der Waals surface area contributed by atoms with Gasteiger partial charge in [-0.1, -0.05) is 32.4 Å². The molecule has 1 aliphatic heterocycles. The van der Waals surface area contributed by atoms with Crippen LogP contribution in [0.25, 0.3) is 0 Å². The first kappa shape index (κ1) is 60.7. The van der Waals surface area contributed by atoms with E-state index in [4.69, 9.17) is 17.2 Å². The lowest BCUT2D eigenvalue weighted by Gasteiger charge is -2.31. The van der Waals surface area contributed by atoms with Crippen LogP contribution in [-0.2, 0) is 64.0 Å². The molecule has 10 amide bonds. The maximum atomic E-state index is 13.8. The number of rotatable bonds is 30. The molecule has 28 nitrogen and oxygen atoms in total. The Kier molecular flexibility index (Phi) is 24.5. The molecule has 0 unspecified atom stereocenters. The first-order valence-electron chi connectivity index (χ1n) is 23.0. The summed E-state index contributed by atoms with van der Waals surface area (Å²) in [6.07, 6.45) is -3.47. The number of carbonyl (C=O) groups is 12. The van der Waals surface area contributed by atoms with Gasteiger partial charge in [-0.25, -0.2) is 4.79 Å². The molecule has 0 bridgehead atoms. The quantitative estimate of drug-likeness (QED) is 0.0341. The van der Waals surface area contributed by atoms with E-state index in [0.717, 1.165) is 18.7 Å². The molecule has 72 heavy (non-hydrogen) atoms. The fourth-order valence-electron chi connectivity index (χ4n) is 7.22. The van der Waals surface area contributed by atoms with Crippen molar-refractivity contribution >= 4 is 71.0 Å². The summed E-state index contributed by atoms with van der Waals surface area (Å²) in [5, 5.41) is 65.2. The summed E-state index contributed by atoms with van der Waals surface area (Å²) in [7, 11) is 0. The van der Waals surface area contributed by atoms with Gasteiger partial charge in [0.25, 0.3) is 0 Å². The molecule has 18 N–H and O–H groups in total. The number of phenolic OH excluding ortho intramolecular Hbond substituents is 1. The number of primary amides is 2. The number of amides is 10. The van der Waals surface area contributed by atoms with Crippen LogP contribution in [0.1, 0.15) is 84.6 Å². The molecule has 1 fully saturated rings. The smallest absolute Gasteiger partial charge is 0.328 e. The Morgan fingerprint density at radius 2 is 1.22 bits per heavy atom. The SMILES string of the molecule is CC[C@H](C)[C@H](NC(=O)[C@@H]1CCCN1C(=O)[C@H](CO)NC(=O)[C@H](CC(=O)O)NC(=O)[C@H](C)NC(=O)[C@H](Cc1ccc(O)cc1)NC(=O)[C@H](CCC(N)=O)NC(=O)[C@@H](N)CCC(N)=O)C(=O)N[C@H](C(=O)O)[C@@H](C)O. The number of benzene rings is 1. The van der Waals surface area contributed by atoms with Gasteiger partial charge in [0.05, 0.1) is 25.2 Å². The number of hydrogen-bond donors (Lipinski definition) is 15. The van der Waals surface area contributed by atoms with Crippen LogP contribution in [-0.4, -0.2) is 175 Å². The monoisotopic (exact) mass is 1020 g/mol. The average Bonchev–Trinajstić information content (AvgIpc) is 3.81. The topological polar surface area (TPSA) is 471 Å². The van der Waals surface area contributed by atoms with Gasteiger partial charge in [0.15, 0.2) is 6.04 Å². The van der Waals surface area contributed by atoms with E-state index in [9.17, 15) is 83.1 Å². The van der Waals surface area contributed by atoms with E-state index in [0.29, 0.717) is 12.0 Å². The second kappa shape index (κ2) is 29.0. The molecule has 400 valence electrons. The van der Waals surface area contributed by atoms with Crippen LogP contribution in [0.2, 0.25) is 0 Å². The van der Waals surface area contributed by atoms with Crippen molar-refractivity contribution in [3.8, 4) is 5.75 Å². The number of phenols is 1. The highest BCUT2D eigenvalue weighted by atomic mass is 16.4. The normalized spacial score (nSPS) is 17.3. The molecule has 1 saturated heterocycles. The molecule has 1 aliphatic rings. The van der Waals surface area contributed by atoms with Crippen molar-refractivity contribution in [1.82, 2.24) is 42.1 Å². The number of carbonyl (C=O) groups excluding carboxylic acids is 10. The Morgan fingerprint density at radius 1 is 0.681 bits per heavy atom. The van der Waals surface area contributed by atoms with Crippen LogP contribution < -0.4 is 54.4 Å².